The monoisotopic (exact) mass is 401 g/mol. The van der Waals surface area contributed by atoms with Crippen LogP contribution in [-0.4, -0.2) is 21.9 Å². The molecule has 1 aliphatic carbocycles. The highest BCUT2D eigenvalue weighted by atomic mass is 16.2. The molecule has 30 heavy (non-hydrogen) atoms. The van der Waals surface area contributed by atoms with Gasteiger partial charge in [-0.25, -0.2) is 5.10 Å². The summed E-state index contributed by atoms with van der Waals surface area (Å²) in [7, 11) is 0. The molecule has 0 unspecified atom stereocenters. The molecule has 6 heteroatoms. The number of amides is 1. The van der Waals surface area contributed by atoms with Crippen molar-refractivity contribution >= 4 is 17.4 Å². The Morgan fingerprint density at radius 2 is 1.77 bits per heavy atom. The number of rotatable bonds is 6. The van der Waals surface area contributed by atoms with E-state index in [1.54, 1.807) is 24.3 Å². The van der Waals surface area contributed by atoms with Gasteiger partial charge in [0.25, 0.3) is 5.56 Å². The standard InChI is InChI=1S/C24H23N3O3/c28-22(19-9-8-16-4-1-2-5-17(16)14-19)11-13-23(29)25-20-7-3-6-18(15-20)21-10-12-24(30)27-26-21/h3,6-10,12,14-15H,1-2,4-5,11,13H2,(H,25,29)(H,27,30). The molecule has 1 aromatic heterocycles. The number of nitrogens with one attached hydrogen (secondary N) is 2. The van der Waals surface area contributed by atoms with Crippen LogP contribution in [0, 0.1) is 0 Å². The Balaban J connectivity index is 1.36. The molecule has 6 nitrogen and oxygen atoms in total. The lowest BCUT2D eigenvalue weighted by Crippen LogP contribution is -2.14. The van der Waals surface area contributed by atoms with E-state index >= 15 is 0 Å². The zero-order valence-electron chi connectivity index (χ0n) is 16.6. The Hall–Kier alpha value is -3.54. The lowest BCUT2D eigenvalue weighted by Gasteiger charge is -2.16. The highest BCUT2D eigenvalue weighted by molar-refractivity contribution is 6.00. The topological polar surface area (TPSA) is 91.9 Å². The van der Waals surface area contributed by atoms with Gasteiger partial charge in [-0.15, -0.1) is 0 Å². The van der Waals surface area contributed by atoms with Crippen molar-refractivity contribution in [3.05, 3.63) is 81.6 Å². The van der Waals surface area contributed by atoms with Gasteiger partial charge in [-0.2, -0.15) is 5.10 Å². The van der Waals surface area contributed by atoms with E-state index in [9.17, 15) is 14.4 Å². The number of aryl methyl sites for hydroxylation is 2. The zero-order chi connectivity index (χ0) is 20.9. The van der Waals surface area contributed by atoms with Crippen LogP contribution in [0.25, 0.3) is 11.3 Å². The summed E-state index contributed by atoms with van der Waals surface area (Å²) in [5, 5.41) is 9.22. The van der Waals surface area contributed by atoms with Gasteiger partial charge in [0.15, 0.2) is 5.78 Å². The predicted molar refractivity (Wildman–Crippen MR) is 116 cm³/mol. The maximum absolute atomic E-state index is 12.5. The van der Waals surface area contributed by atoms with Crippen LogP contribution in [0.5, 0.6) is 0 Å². The van der Waals surface area contributed by atoms with Crippen LogP contribution in [-0.2, 0) is 17.6 Å². The summed E-state index contributed by atoms with van der Waals surface area (Å²) in [6.07, 6.45) is 4.78. The van der Waals surface area contributed by atoms with Crippen molar-refractivity contribution < 1.29 is 9.59 Å². The number of H-pyrrole nitrogens is 1. The second-order valence-electron chi connectivity index (χ2n) is 7.55. The van der Waals surface area contributed by atoms with E-state index in [1.807, 2.05) is 18.2 Å². The van der Waals surface area contributed by atoms with Crippen molar-refractivity contribution in [2.24, 2.45) is 0 Å². The first kappa shape index (κ1) is 19.8. The molecule has 0 fully saturated rings. The summed E-state index contributed by atoms with van der Waals surface area (Å²) in [4.78, 5) is 36.0. The van der Waals surface area contributed by atoms with Gasteiger partial charge in [-0.05, 0) is 61.1 Å². The lowest BCUT2D eigenvalue weighted by molar-refractivity contribution is -0.116. The molecule has 2 aromatic carbocycles. The van der Waals surface area contributed by atoms with E-state index in [-0.39, 0.29) is 30.1 Å². The van der Waals surface area contributed by atoms with Crippen LogP contribution in [0.1, 0.15) is 47.2 Å². The molecule has 0 spiro atoms. The largest absolute Gasteiger partial charge is 0.326 e. The number of carbonyl (C=O) groups excluding carboxylic acids is 2. The predicted octanol–water partition coefficient (Wildman–Crippen LogP) is 3.92. The minimum Gasteiger partial charge on any atom is -0.326 e. The number of aromatic amines is 1. The van der Waals surface area contributed by atoms with Gasteiger partial charge in [0.1, 0.15) is 0 Å². The molecule has 0 saturated carbocycles. The molecule has 0 bridgehead atoms. The Kier molecular flexibility index (Phi) is 5.84. The van der Waals surface area contributed by atoms with Crippen LogP contribution in [0.4, 0.5) is 5.69 Å². The third kappa shape index (κ3) is 4.71. The van der Waals surface area contributed by atoms with Crippen molar-refractivity contribution in [2.45, 2.75) is 38.5 Å². The van der Waals surface area contributed by atoms with Gasteiger partial charge in [-0.1, -0.05) is 24.3 Å². The minimum atomic E-state index is -0.271. The first-order valence-corrected chi connectivity index (χ1v) is 10.2. The summed E-state index contributed by atoms with van der Waals surface area (Å²) in [6.45, 7) is 0. The Morgan fingerprint density at radius 1 is 0.933 bits per heavy atom. The zero-order valence-corrected chi connectivity index (χ0v) is 16.6. The van der Waals surface area contributed by atoms with Gasteiger partial charge in [0.2, 0.25) is 5.91 Å². The van der Waals surface area contributed by atoms with Gasteiger partial charge < -0.3 is 5.32 Å². The van der Waals surface area contributed by atoms with Crippen LogP contribution in [0.2, 0.25) is 0 Å². The quantitative estimate of drug-likeness (QED) is 0.613. The molecule has 1 aliphatic rings. The van der Waals surface area contributed by atoms with Gasteiger partial charge in [-0.3, -0.25) is 14.4 Å². The van der Waals surface area contributed by atoms with Crippen molar-refractivity contribution in [1.29, 1.82) is 0 Å². The molecule has 2 N–H and O–H groups in total. The number of nitrogens with zero attached hydrogens (tertiary/aromatic N) is 1. The van der Waals surface area contributed by atoms with Crippen molar-refractivity contribution in [3.63, 3.8) is 0 Å². The minimum absolute atomic E-state index is 0.00952. The maximum Gasteiger partial charge on any atom is 0.264 e. The van der Waals surface area contributed by atoms with E-state index in [0.717, 1.165) is 18.4 Å². The summed E-state index contributed by atoms with van der Waals surface area (Å²) in [6, 6.07) is 16.2. The average Bonchev–Trinajstić information content (AvgIpc) is 2.78. The molecule has 152 valence electrons. The number of anilines is 1. The summed E-state index contributed by atoms with van der Waals surface area (Å²) >= 11 is 0. The molecule has 1 amide bonds. The van der Waals surface area contributed by atoms with Crippen LogP contribution in [0.15, 0.2) is 59.4 Å². The van der Waals surface area contributed by atoms with E-state index in [1.165, 1.54) is 30.0 Å². The Labute approximate surface area is 174 Å². The normalized spacial score (nSPS) is 12.8. The first-order chi connectivity index (χ1) is 14.6. The molecule has 3 aromatic rings. The molecule has 4 rings (SSSR count). The molecule has 1 heterocycles. The molecular weight excluding hydrogens is 378 g/mol. The third-order valence-corrected chi connectivity index (χ3v) is 5.37. The highest BCUT2D eigenvalue weighted by Crippen LogP contribution is 2.23. The lowest BCUT2D eigenvalue weighted by atomic mass is 9.89. The van der Waals surface area contributed by atoms with Gasteiger partial charge in [0, 0.05) is 35.7 Å². The number of aromatic nitrogens is 2. The second kappa shape index (κ2) is 8.86. The smallest absolute Gasteiger partial charge is 0.264 e. The first-order valence-electron chi connectivity index (χ1n) is 10.2. The van der Waals surface area contributed by atoms with E-state index in [4.69, 9.17) is 0 Å². The maximum atomic E-state index is 12.5. The molecular formula is C24H23N3O3. The number of Topliss-reactive ketones (excluding diaryl/α,β-unsaturated/α-hetero) is 1. The number of hydrogen-bond acceptors (Lipinski definition) is 4. The van der Waals surface area contributed by atoms with Gasteiger partial charge in [0.05, 0.1) is 5.69 Å². The molecule has 0 saturated heterocycles. The molecule has 0 aliphatic heterocycles. The number of ketones is 1. The summed E-state index contributed by atoms with van der Waals surface area (Å²) in [5.74, 6) is -0.224. The SMILES string of the molecule is O=C(CCC(=O)c1ccc2c(c1)CCCC2)Nc1cccc(-c2ccc(=O)[nH]n2)c1. The fourth-order valence-electron chi connectivity index (χ4n) is 3.76. The van der Waals surface area contributed by atoms with Crippen LogP contribution >= 0.6 is 0 Å². The third-order valence-electron chi connectivity index (χ3n) is 5.37. The number of benzene rings is 2. The van der Waals surface area contributed by atoms with E-state index < -0.39 is 0 Å². The van der Waals surface area contributed by atoms with Crippen molar-refractivity contribution in [2.75, 3.05) is 5.32 Å². The number of carbonyl (C=O) groups is 2. The number of hydrogen-bond donors (Lipinski definition) is 2. The van der Waals surface area contributed by atoms with E-state index in [2.05, 4.69) is 21.6 Å². The Bertz CT molecular complexity index is 1130. The van der Waals surface area contributed by atoms with Crippen LogP contribution in [0.3, 0.4) is 0 Å². The van der Waals surface area contributed by atoms with Crippen molar-refractivity contribution in [3.8, 4) is 11.3 Å². The van der Waals surface area contributed by atoms with Crippen molar-refractivity contribution in [1.82, 2.24) is 10.2 Å². The second-order valence-corrected chi connectivity index (χ2v) is 7.55. The highest BCUT2D eigenvalue weighted by Gasteiger charge is 2.14. The number of fused-ring (bicyclic) bond motifs is 1. The van der Waals surface area contributed by atoms with Gasteiger partial charge >= 0.3 is 0 Å². The fourth-order valence-corrected chi connectivity index (χ4v) is 3.76. The summed E-state index contributed by atoms with van der Waals surface area (Å²) < 4.78 is 0. The molecule has 0 radical (unpaired) electrons. The van der Waals surface area contributed by atoms with Crippen LogP contribution < -0.4 is 10.9 Å². The Morgan fingerprint density at radius 3 is 2.57 bits per heavy atom. The molecule has 0 atom stereocenters. The van der Waals surface area contributed by atoms with E-state index in [0.29, 0.717) is 16.9 Å². The fraction of sp³-hybridized carbons (Fsp3) is 0.250. The average molecular weight is 401 g/mol. The summed E-state index contributed by atoms with van der Waals surface area (Å²) in [5.41, 5.74) is 5.02.